The maximum atomic E-state index is 12.8. The number of carbonyl (C=O) groups excluding carboxylic acids is 1. The second kappa shape index (κ2) is 9.05. The number of sulfonamides is 1. The second-order valence-electron chi connectivity index (χ2n) is 5.90. The molecule has 2 aromatic rings. The Balaban J connectivity index is 2.39. The number of hydrogen-bond donors (Lipinski definition) is 2. The van der Waals surface area contributed by atoms with Crippen LogP contribution in [-0.4, -0.2) is 38.3 Å². The third kappa shape index (κ3) is 4.70. The molecule has 0 aliphatic carbocycles. The van der Waals surface area contributed by atoms with Crippen LogP contribution in [0.4, 0.5) is 11.4 Å². The molecule has 1 aromatic carbocycles. The Bertz CT molecular complexity index is 886. The van der Waals surface area contributed by atoms with Crippen LogP contribution in [0.3, 0.4) is 0 Å². The number of nitrogens with one attached hydrogen (secondary N) is 2. The Morgan fingerprint density at radius 3 is 2.30 bits per heavy atom. The summed E-state index contributed by atoms with van der Waals surface area (Å²) in [6, 6.07) is 8.05. The van der Waals surface area contributed by atoms with Crippen molar-refractivity contribution in [2.24, 2.45) is 0 Å². The standard InChI is InChI=1S/C19H27N3O4S/c1-5-14-9-12-18(26-14)19(23)21-17-13-15(10-11-16(17)20-6-2)27(24,25)22(7-3)8-4/h9-13,20H,5-8H2,1-4H3,(H,21,23). The van der Waals surface area contributed by atoms with Crippen LogP contribution >= 0.6 is 0 Å². The monoisotopic (exact) mass is 393 g/mol. The minimum absolute atomic E-state index is 0.136. The average Bonchev–Trinajstić information content (AvgIpc) is 3.13. The molecule has 0 atom stereocenters. The number of hydrogen-bond acceptors (Lipinski definition) is 5. The zero-order valence-corrected chi connectivity index (χ0v) is 17.0. The maximum Gasteiger partial charge on any atom is 0.291 e. The van der Waals surface area contributed by atoms with Gasteiger partial charge in [-0.15, -0.1) is 0 Å². The van der Waals surface area contributed by atoms with Crippen molar-refractivity contribution in [3.63, 3.8) is 0 Å². The first-order valence-electron chi connectivity index (χ1n) is 9.15. The Morgan fingerprint density at radius 1 is 1.04 bits per heavy atom. The minimum atomic E-state index is -3.62. The van der Waals surface area contributed by atoms with Gasteiger partial charge in [-0.3, -0.25) is 4.79 Å². The predicted octanol–water partition coefficient (Wildman–Crippen LogP) is 3.56. The highest BCUT2D eigenvalue weighted by molar-refractivity contribution is 7.89. The van der Waals surface area contributed by atoms with Crippen LogP contribution in [0.1, 0.15) is 44.0 Å². The van der Waals surface area contributed by atoms with E-state index in [4.69, 9.17) is 4.42 Å². The highest BCUT2D eigenvalue weighted by Crippen LogP contribution is 2.28. The van der Waals surface area contributed by atoms with Crippen molar-refractivity contribution in [2.45, 2.75) is 39.0 Å². The van der Waals surface area contributed by atoms with E-state index in [0.29, 0.717) is 43.2 Å². The predicted molar refractivity (Wildman–Crippen MR) is 107 cm³/mol. The molecule has 2 N–H and O–H groups in total. The largest absolute Gasteiger partial charge is 0.456 e. The van der Waals surface area contributed by atoms with Crippen LogP contribution in [0.2, 0.25) is 0 Å². The smallest absolute Gasteiger partial charge is 0.291 e. The molecular weight excluding hydrogens is 366 g/mol. The first-order valence-corrected chi connectivity index (χ1v) is 10.6. The fraction of sp³-hybridized carbons (Fsp3) is 0.421. The number of aryl methyl sites for hydroxylation is 1. The number of amides is 1. The van der Waals surface area contributed by atoms with E-state index in [9.17, 15) is 13.2 Å². The third-order valence-electron chi connectivity index (χ3n) is 4.18. The fourth-order valence-electron chi connectivity index (χ4n) is 2.72. The highest BCUT2D eigenvalue weighted by atomic mass is 32.2. The first kappa shape index (κ1) is 21.0. The average molecular weight is 394 g/mol. The zero-order valence-electron chi connectivity index (χ0n) is 16.2. The Labute approximate surface area is 160 Å². The number of nitrogens with zero attached hydrogens (tertiary/aromatic N) is 1. The number of furan rings is 1. The molecular formula is C19H27N3O4S. The minimum Gasteiger partial charge on any atom is -0.456 e. The lowest BCUT2D eigenvalue weighted by molar-refractivity contribution is 0.0995. The van der Waals surface area contributed by atoms with E-state index in [0.717, 1.165) is 0 Å². The van der Waals surface area contributed by atoms with Crippen molar-refractivity contribution in [2.75, 3.05) is 30.3 Å². The van der Waals surface area contributed by atoms with Crippen molar-refractivity contribution in [1.29, 1.82) is 0 Å². The summed E-state index contributed by atoms with van der Waals surface area (Å²) in [5.74, 6) is 0.475. The van der Waals surface area contributed by atoms with Gasteiger partial charge in [-0.25, -0.2) is 8.42 Å². The van der Waals surface area contributed by atoms with Gasteiger partial charge in [0.15, 0.2) is 5.76 Å². The van der Waals surface area contributed by atoms with E-state index in [-0.39, 0.29) is 10.7 Å². The summed E-state index contributed by atoms with van der Waals surface area (Å²) in [4.78, 5) is 12.7. The van der Waals surface area contributed by atoms with Crippen molar-refractivity contribution >= 4 is 27.3 Å². The molecule has 0 bridgehead atoms. The van der Waals surface area contributed by atoms with Crippen molar-refractivity contribution < 1.29 is 17.6 Å². The van der Waals surface area contributed by atoms with Crippen LogP contribution in [0, 0.1) is 0 Å². The lowest BCUT2D eigenvalue weighted by Crippen LogP contribution is -2.30. The summed E-state index contributed by atoms with van der Waals surface area (Å²) in [6.07, 6.45) is 0.688. The molecule has 1 aromatic heterocycles. The molecule has 0 fully saturated rings. The van der Waals surface area contributed by atoms with E-state index in [2.05, 4.69) is 10.6 Å². The van der Waals surface area contributed by atoms with Crippen molar-refractivity contribution in [3.05, 3.63) is 41.9 Å². The highest BCUT2D eigenvalue weighted by Gasteiger charge is 2.23. The normalized spacial score (nSPS) is 11.6. The Hall–Kier alpha value is -2.32. The van der Waals surface area contributed by atoms with E-state index < -0.39 is 15.9 Å². The molecule has 8 heteroatoms. The van der Waals surface area contributed by atoms with Gasteiger partial charge < -0.3 is 15.1 Å². The third-order valence-corrected chi connectivity index (χ3v) is 6.23. The maximum absolute atomic E-state index is 12.8. The van der Waals surface area contributed by atoms with Crippen LogP contribution in [0.25, 0.3) is 0 Å². The van der Waals surface area contributed by atoms with Gasteiger partial charge >= 0.3 is 0 Å². The van der Waals surface area contributed by atoms with Gasteiger partial charge in [-0.05, 0) is 37.3 Å². The molecule has 0 unspecified atom stereocenters. The van der Waals surface area contributed by atoms with Gasteiger partial charge in [-0.2, -0.15) is 4.31 Å². The summed E-state index contributed by atoms with van der Waals surface area (Å²) in [5.41, 5.74) is 1.04. The Kier molecular flexibility index (Phi) is 7.04. The molecule has 0 spiro atoms. The van der Waals surface area contributed by atoms with E-state index in [1.54, 1.807) is 38.1 Å². The van der Waals surface area contributed by atoms with Gasteiger partial charge in [0, 0.05) is 26.1 Å². The summed E-state index contributed by atoms with van der Waals surface area (Å²) in [5, 5.41) is 5.89. The Morgan fingerprint density at radius 2 is 1.74 bits per heavy atom. The quantitative estimate of drug-likeness (QED) is 0.680. The van der Waals surface area contributed by atoms with Gasteiger partial charge in [0.1, 0.15) is 5.76 Å². The van der Waals surface area contributed by atoms with Crippen molar-refractivity contribution in [3.8, 4) is 0 Å². The SMILES string of the molecule is CCNc1ccc(S(=O)(=O)N(CC)CC)cc1NC(=O)c1ccc(CC)o1. The fourth-order valence-corrected chi connectivity index (χ4v) is 4.20. The van der Waals surface area contributed by atoms with E-state index in [1.807, 2.05) is 13.8 Å². The molecule has 1 heterocycles. The second-order valence-corrected chi connectivity index (χ2v) is 7.84. The molecule has 2 rings (SSSR count). The lowest BCUT2D eigenvalue weighted by Gasteiger charge is -2.20. The molecule has 0 saturated heterocycles. The number of rotatable bonds is 9. The van der Waals surface area contributed by atoms with Crippen molar-refractivity contribution in [1.82, 2.24) is 4.31 Å². The molecule has 0 saturated carbocycles. The summed E-state index contributed by atoms with van der Waals surface area (Å²) in [6.45, 7) is 8.82. The number of benzene rings is 1. The molecule has 0 aliphatic rings. The van der Waals surface area contributed by atoms with Gasteiger partial charge in [-0.1, -0.05) is 20.8 Å². The first-order chi connectivity index (χ1) is 12.9. The molecule has 0 aliphatic heterocycles. The van der Waals surface area contributed by atoms with Crippen LogP contribution in [0.5, 0.6) is 0 Å². The summed E-state index contributed by atoms with van der Waals surface area (Å²) < 4.78 is 32.4. The van der Waals surface area contributed by atoms with Crippen LogP contribution in [-0.2, 0) is 16.4 Å². The molecule has 7 nitrogen and oxygen atoms in total. The van der Waals surface area contributed by atoms with Gasteiger partial charge in [0.2, 0.25) is 10.0 Å². The van der Waals surface area contributed by atoms with E-state index >= 15 is 0 Å². The number of carbonyl (C=O) groups is 1. The van der Waals surface area contributed by atoms with Gasteiger partial charge in [0.05, 0.1) is 16.3 Å². The lowest BCUT2D eigenvalue weighted by atomic mass is 10.2. The molecule has 27 heavy (non-hydrogen) atoms. The zero-order chi connectivity index (χ0) is 20.0. The van der Waals surface area contributed by atoms with E-state index in [1.165, 1.54) is 10.4 Å². The summed E-state index contributed by atoms with van der Waals surface area (Å²) >= 11 is 0. The van der Waals surface area contributed by atoms with Crippen LogP contribution < -0.4 is 10.6 Å². The van der Waals surface area contributed by atoms with Crippen LogP contribution in [0.15, 0.2) is 39.6 Å². The topological polar surface area (TPSA) is 91.7 Å². The summed E-state index contributed by atoms with van der Waals surface area (Å²) in [7, 11) is -3.62. The molecule has 148 valence electrons. The molecule has 0 radical (unpaired) electrons. The molecule has 1 amide bonds. The number of anilines is 2. The van der Waals surface area contributed by atoms with Gasteiger partial charge in [0.25, 0.3) is 5.91 Å².